The Bertz CT molecular complexity index is 619. The van der Waals surface area contributed by atoms with Crippen LogP contribution in [-0.2, 0) is 13.1 Å². The fourth-order valence-corrected chi connectivity index (χ4v) is 2.38. The average Bonchev–Trinajstić information content (AvgIpc) is 2.46. The Morgan fingerprint density at radius 3 is 2.48 bits per heavy atom. The lowest BCUT2D eigenvalue weighted by Crippen LogP contribution is -2.13. The van der Waals surface area contributed by atoms with Gasteiger partial charge in [0.25, 0.3) is 0 Å². The van der Waals surface area contributed by atoms with E-state index >= 15 is 0 Å². The number of methoxy groups -OCH3 is 2. The summed E-state index contributed by atoms with van der Waals surface area (Å²) in [4.78, 5) is 0. The van der Waals surface area contributed by atoms with Crippen LogP contribution in [0.2, 0.25) is 5.02 Å². The number of ether oxygens (including phenoxy) is 2. The fraction of sp³-hybridized carbons (Fsp3) is 0.250. The first-order valence-electron chi connectivity index (χ1n) is 6.49. The molecular weight excluding hydrogens is 293 g/mol. The molecule has 0 saturated heterocycles. The van der Waals surface area contributed by atoms with Crippen LogP contribution in [0.15, 0.2) is 36.4 Å². The molecule has 2 aromatic carbocycles. The van der Waals surface area contributed by atoms with Crippen molar-refractivity contribution in [2.75, 3.05) is 14.2 Å². The number of hydrogen-bond acceptors (Lipinski definition) is 3. The zero-order valence-corrected chi connectivity index (χ0v) is 12.7. The average molecular weight is 310 g/mol. The Hall–Kier alpha value is -1.78. The van der Waals surface area contributed by atoms with Gasteiger partial charge >= 0.3 is 0 Å². The molecule has 5 heteroatoms. The second kappa shape index (κ2) is 7.29. The van der Waals surface area contributed by atoms with Crippen LogP contribution in [-0.4, -0.2) is 14.2 Å². The van der Waals surface area contributed by atoms with Crippen LogP contribution in [0.4, 0.5) is 4.39 Å². The van der Waals surface area contributed by atoms with Crippen LogP contribution in [0.3, 0.4) is 0 Å². The molecule has 0 aliphatic carbocycles. The van der Waals surface area contributed by atoms with Crippen LogP contribution in [0.25, 0.3) is 0 Å². The van der Waals surface area contributed by atoms with Crippen molar-refractivity contribution in [1.29, 1.82) is 0 Å². The van der Waals surface area contributed by atoms with E-state index < -0.39 is 0 Å². The summed E-state index contributed by atoms with van der Waals surface area (Å²) < 4.78 is 23.5. The van der Waals surface area contributed by atoms with E-state index in [0.29, 0.717) is 29.6 Å². The highest BCUT2D eigenvalue weighted by Crippen LogP contribution is 2.35. The quantitative estimate of drug-likeness (QED) is 0.880. The van der Waals surface area contributed by atoms with Crippen LogP contribution in [0.5, 0.6) is 11.5 Å². The molecule has 112 valence electrons. The smallest absolute Gasteiger partial charge is 0.179 e. The Morgan fingerprint density at radius 1 is 1.05 bits per heavy atom. The Morgan fingerprint density at radius 2 is 1.81 bits per heavy atom. The second-order valence-electron chi connectivity index (χ2n) is 4.55. The van der Waals surface area contributed by atoms with Crippen molar-refractivity contribution in [3.63, 3.8) is 0 Å². The maximum atomic E-state index is 13.1. The molecule has 21 heavy (non-hydrogen) atoms. The summed E-state index contributed by atoms with van der Waals surface area (Å²) in [6.45, 7) is 1.17. The molecule has 0 aliphatic rings. The van der Waals surface area contributed by atoms with Gasteiger partial charge in [-0.2, -0.15) is 0 Å². The van der Waals surface area contributed by atoms with Crippen molar-refractivity contribution in [3.05, 3.63) is 58.4 Å². The number of benzene rings is 2. The molecule has 2 aromatic rings. The molecule has 0 spiro atoms. The van der Waals surface area contributed by atoms with E-state index in [1.165, 1.54) is 12.1 Å². The molecule has 2 rings (SSSR count). The number of nitrogens with one attached hydrogen (secondary N) is 1. The highest BCUT2D eigenvalue weighted by atomic mass is 35.5. The largest absolute Gasteiger partial charge is 0.493 e. The minimum Gasteiger partial charge on any atom is -0.493 e. The van der Waals surface area contributed by atoms with E-state index in [2.05, 4.69) is 5.32 Å². The number of hydrogen-bond donors (Lipinski definition) is 1. The predicted octanol–water partition coefficient (Wildman–Crippen LogP) is 3.79. The third-order valence-electron chi connectivity index (χ3n) is 3.04. The Labute approximate surface area is 128 Å². The summed E-state index contributed by atoms with van der Waals surface area (Å²) in [6.07, 6.45) is 0. The summed E-state index contributed by atoms with van der Waals surface area (Å²) in [5.74, 6) is 0.879. The molecule has 0 aliphatic heterocycles. The van der Waals surface area contributed by atoms with Crippen LogP contribution in [0.1, 0.15) is 11.1 Å². The summed E-state index contributed by atoms with van der Waals surface area (Å²) in [7, 11) is 3.11. The van der Waals surface area contributed by atoms with Gasteiger partial charge in [0, 0.05) is 13.1 Å². The third-order valence-corrected chi connectivity index (χ3v) is 3.32. The van der Waals surface area contributed by atoms with Gasteiger partial charge in [-0.3, -0.25) is 0 Å². The molecule has 0 saturated carbocycles. The van der Waals surface area contributed by atoms with Crippen LogP contribution < -0.4 is 14.8 Å². The molecule has 3 nitrogen and oxygen atoms in total. The number of rotatable bonds is 6. The Kier molecular flexibility index (Phi) is 5.42. The van der Waals surface area contributed by atoms with Gasteiger partial charge in [-0.25, -0.2) is 4.39 Å². The van der Waals surface area contributed by atoms with E-state index in [9.17, 15) is 4.39 Å². The van der Waals surface area contributed by atoms with Gasteiger partial charge in [-0.05, 0) is 35.4 Å². The molecule has 0 amide bonds. The molecule has 0 unspecified atom stereocenters. The van der Waals surface area contributed by atoms with Gasteiger partial charge in [0.05, 0.1) is 19.2 Å². The van der Waals surface area contributed by atoms with E-state index in [1.54, 1.807) is 20.3 Å². The van der Waals surface area contributed by atoms with Gasteiger partial charge in [-0.1, -0.05) is 23.7 Å². The van der Waals surface area contributed by atoms with E-state index in [0.717, 1.165) is 11.1 Å². The van der Waals surface area contributed by atoms with Crippen molar-refractivity contribution in [3.8, 4) is 11.5 Å². The normalized spacial score (nSPS) is 10.5. The lowest BCUT2D eigenvalue weighted by molar-refractivity contribution is 0.354. The monoisotopic (exact) mass is 309 g/mol. The van der Waals surface area contributed by atoms with Crippen molar-refractivity contribution in [2.45, 2.75) is 13.1 Å². The SMILES string of the molecule is COc1cc(CNCc2cccc(F)c2)cc(Cl)c1OC. The maximum absolute atomic E-state index is 13.1. The standard InChI is InChI=1S/C16H17ClFNO2/c1-20-15-8-12(7-14(17)16(15)21-2)10-19-9-11-4-3-5-13(18)6-11/h3-8,19H,9-10H2,1-2H3. The molecule has 1 N–H and O–H groups in total. The lowest BCUT2D eigenvalue weighted by Gasteiger charge is -2.12. The highest BCUT2D eigenvalue weighted by molar-refractivity contribution is 6.32. The van der Waals surface area contributed by atoms with Crippen molar-refractivity contribution >= 4 is 11.6 Å². The molecule has 0 radical (unpaired) electrons. The minimum absolute atomic E-state index is 0.233. The lowest BCUT2D eigenvalue weighted by atomic mass is 10.2. The first-order valence-corrected chi connectivity index (χ1v) is 6.87. The summed E-state index contributed by atoms with van der Waals surface area (Å²) in [5, 5.41) is 3.74. The molecule has 0 bridgehead atoms. The molecule has 0 heterocycles. The van der Waals surface area contributed by atoms with E-state index in [-0.39, 0.29) is 5.82 Å². The first kappa shape index (κ1) is 15.6. The fourth-order valence-electron chi connectivity index (χ4n) is 2.07. The van der Waals surface area contributed by atoms with Gasteiger partial charge in [0.1, 0.15) is 5.82 Å². The first-order chi connectivity index (χ1) is 10.1. The molecule has 0 atom stereocenters. The second-order valence-corrected chi connectivity index (χ2v) is 4.95. The van der Waals surface area contributed by atoms with Crippen LogP contribution >= 0.6 is 11.6 Å². The van der Waals surface area contributed by atoms with Gasteiger partial charge in [0.2, 0.25) is 0 Å². The summed E-state index contributed by atoms with van der Waals surface area (Å²) >= 11 is 6.15. The third kappa shape index (κ3) is 4.09. The minimum atomic E-state index is -0.233. The zero-order chi connectivity index (χ0) is 15.2. The van der Waals surface area contributed by atoms with Gasteiger partial charge < -0.3 is 14.8 Å². The van der Waals surface area contributed by atoms with E-state index in [4.69, 9.17) is 21.1 Å². The highest BCUT2D eigenvalue weighted by Gasteiger charge is 2.10. The molecule has 0 aromatic heterocycles. The van der Waals surface area contributed by atoms with Crippen molar-refractivity contribution < 1.29 is 13.9 Å². The zero-order valence-electron chi connectivity index (χ0n) is 12.0. The molecule has 0 fully saturated rings. The summed E-state index contributed by atoms with van der Waals surface area (Å²) in [6, 6.07) is 10.2. The maximum Gasteiger partial charge on any atom is 0.179 e. The van der Waals surface area contributed by atoms with E-state index in [1.807, 2.05) is 18.2 Å². The van der Waals surface area contributed by atoms with Gasteiger partial charge in [0.15, 0.2) is 11.5 Å². The predicted molar refractivity (Wildman–Crippen MR) is 81.5 cm³/mol. The topological polar surface area (TPSA) is 30.5 Å². The van der Waals surface area contributed by atoms with Crippen molar-refractivity contribution in [2.24, 2.45) is 0 Å². The number of halogens is 2. The van der Waals surface area contributed by atoms with Crippen LogP contribution in [0, 0.1) is 5.82 Å². The molecular formula is C16H17ClFNO2. The summed E-state index contributed by atoms with van der Waals surface area (Å²) in [5.41, 5.74) is 1.86. The van der Waals surface area contributed by atoms with Gasteiger partial charge in [-0.15, -0.1) is 0 Å². The Balaban J connectivity index is 2.02. The van der Waals surface area contributed by atoms with Crippen molar-refractivity contribution in [1.82, 2.24) is 5.32 Å².